The molecule has 1 unspecified atom stereocenters. The minimum absolute atomic E-state index is 0.0561. The average molecular weight is 255 g/mol. The van der Waals surface area contributed by atoms with Crippen molar-refractivity contribution >= 4 is 21.4 Å². The van der Waals surface area contributed by atoms with Crippen molar-refractivity contribution in [3.63, 3.8) is 0 Å². The van der Waals surface area contributed by atoms with Crippen LogP contribution in [0.2, 0.25) is 0 Å². The van der Waals surface area contributed by atoms with E-state index in [0.717, 1.165) is 12.1 Å². The molecule has 0 saturated carbocycles. The molecule has 0 aliphatic rings. The molecule has 0 fully saturated rings. The van der Waals surface area contributed by atoms with E-state index in [1.54, 1.807) is 18.2 Å². The highest BCUT2D eigenvalue weighted by Gasteiger charge is 2.12. The lowest BCUT2D eigenvalue weighted by Gasteiger charge is -2.14. The van der Waals surface area contributed by atoms with Gasteiger partial charge in [0.25, 0.3) is 0 Å². The van der Waals surface area contributed by atoms with E-state index < -0.39 is 10.0 Å². The first-order chi connectivity index (χ1) is 7.84. The first-order valence-corrected chi connectivity index (χ1v) is 6.69. The highest BCUT2D eigenvalue weighted by molar-refractivity contribution is 7.89. The maximum atomic E-state index is 11.2. The third kappa shape index (κ3) is 3.76. The van der Waals surface area contributed by atoms with Crippen molar-refractivity contribution in [2.24, 2.45) is 5.14 Å². The van der Waals surface area contributed by atoms with E-state index in [2.05, 4.69) is 11.9 Å². The Balaban J connectivity index is 2.93. The lowest BCUT2D eigenvalue weighted by Crippen LogP contribution is -2.16. The monoisotopic (exact) mass is 255 g/mol. The van der Waals surface area contributed by atoms with Gasteiger partial charge in [-0.05, 0) is 31.5 Å². The lowest BCUT2D eigenvalue weighted by atomic mass is 10.2. The largest absolute Gasteiger partial charge is 0.398 e. The molecule has 0 aromatic heterocycles. The Bertz CT molecular complexity index is 511. The molecule has 1 atom stereocenters. The van der Waals surface area contributed by atoms with Gasteiger partial charge < -0.3 is 11.1 Å². The zero-order chi connectivity index (χ0) is 13.1. The number of rotatable bonds is 5. The summed E-state index contributed by atoms with van der Waals surface area (Å²) in [4.78, 5) is -0.0561. The summed E-state index contributed by atoms with van der Waals surface area (Å²) in [5.74, 6) is 0. The van der Waals surface area contributed by atoms with Crippen LogP contribution in [-0.2, 0) is 10.0 Å². The molecule has 6 heteroatoms. The van der Waals surface area contributed by atoms with E-state index in [-0.39, 0.29) is 16.6 Å². The molecule has 1 rings (SSSR count). The SMILES string of the molecule is C=CCC(C)Nc1ccc(S(N)(=O)=O)c(N)c1. The van der Waals surface area contributed by atoms with E-state index in [1.807, 2.05) is 6.92 Å². The van der Waals surface area contributed by atoms with Crippen molar-refractivity contribution in [2.75, 3.05) is 11.1 Å². The maximum absolute atomic E-state index is 11.2. The van der Waals surface area contributed by atoms with E-state index in [0.29, 0.717) is 0 Å². The van der Waals surface area contributed by atoms with Gasteiger partial charge in [-0.1, -0.05) is 6.08 Å². The molecular formula is C11H17N3O2S. The predicted octanol–water partition coefficient (Wildman–Crippen LogP) is 1.29. The highest BCUT2D eigenvalue weighted by Crippen LogP contribution is 2.22. The molecule has 5 nitrogen and oxygen atoms in total. The Morgan fingerprint density at radius 2 is 2.18 bits per heavy atom. The van der Waals surface area contributed by atoms with Crippen molar-refractivity contribution in [1.29, 1.82) is 0 Å². The summed E-state index contributed by atoms with van der Waals surface area (Å²) in [6.07, 6.45) is 2.61. The average Bonchev–Trinajstić information content (AvgIpc) is 2.15. The fourth-order valence-electron chi connectivity index (χ4n) is 1.49. The van der Waals surface area contributed by atoms with Crippen LogP contribution < -0.4 is 16.2 Å². The van der Waals surface area contributed by atoms with Gasteiger partial charge in [-0.3, -0.25) is 0 Å². The van der Waals surface area contributed by atoms with Gasteiger partial charge in [-0.15, -0.1) is 6.58 Å². The van der Waals surface area contributed by atoms with E-state index in [9.17, 15) is 8.42 Å². The number of sulfonamides is 1. The van der Waals surface area contributed by atoms with Crippen LogP contribution in [0, 0.1) is 0 Å². The first-order valence-electron chi connectivity index (χ1n) is 5.14. The highest BCUT2D eigenvalue weighted by atomic mass is 32.2. The molecule has 0 amide bonds. The summed E-state index contributed by atoms with van der Waals surface area (Å²) < 4.78 is 22.3. The molecule has 0 spiro atoms. The van der Waals surface area contributed by atoms with Crippen LogP contribution >= 0.6 is 0 Å². The predicted molar refractivity (Wildman–Crippen MR) is 70.1 cm³/mol. The lowest BCUT2D eigenvalue weighted by molar-refractivity contribution is 0.598. The topological polar surface area (TPSA) is 98.2 Å². The van der Waals surface area contributed by atoms with Gasteiger partial charge in [0.05, 0.1) is 5.69 Å². The maximum Gasteiger partial charge on any atom is 0.240 e. The second-order valence-corrected chi connectivity index (χ2v) is 5.40. The molecule has 0 aliphatic heterocycles. The van der Waals surface area contributed by atoms with Crippen LogP contribution in [0.4, 0.5) is 11.4 Å². The van der Waals surface area contributed by atoms with Crippen LogP contribution in [0.3, 0.4) is 0 Å². The van der Waals surface area contributed by atoms with Crippen molar-refractivity contribution in [1.82, 2.24) is 0 Å². The molecule has 5 N–H and O–H groups in total. The van der Waals surface area contributed by atoms with Gasteiger partial charge in [0, 0.05) is 11.7 Å². The van der Waals surface area contributed by atoms with Gasteiger partial charge in [0.2, 0.25) is 10.0 Å². The van der Waals surface area contributed by atoms with Crippen molar-refractivity contribution in [2.45, 2.75) is 24.3 Å². The Hall–Kier alpha value is -1.53. The Labute approximate surface area is 102 Å². The molecule has 1 aromatic rings. The first kappa shape index (κ1) is 13.5. The smallest absolute Gasteiger partial charge is 0.240 e. The van der Waals surface area contributed by atoms with Gasteiger partial charge >= 0.3 is 0 Å². The van der Waals surface area contributed by atoms with E-state index in [4.69, 9.17) is 10.9 Å². The third-order valence-electron chi connectivity index (χ3n) is 2.25. The van der Waals surface area contributed by atoms with Gasteiger partial charge in [-0.2, -0.15) is 0 Å². The second-order valence-electron chi connectivity index (χ2n) is 3.87. The summed E-state index contributed by atoms with van der Waals surface area (Å²) >= 11 is 0. The van der Waals surface area contributed by atoms with Crippen molar-refractivity contribution in [3.05, 3.63) is 30.9 Å². The number of hydrogen-bond donors (Lipinski definition) is 3. The minimum atomic E-state index is -3.76. The number of hydrogen-bond acceptors (Lipinski definition) is 4. The number of anilines is 2. The Kier molecular flexibility index (Phi) is 4.14. The molecule has 94 valence electrons. The molecule has 0 heterocycles. The summed E-state index contributed by atoms with van der Waals surface area (Å²) in [5, 5.41) is 8.19. The second kappa shape index (κ2) is 5.20. The number of nitrogens with two attached hydrogens (primary N) is 2. The summed E-state index contributed by atoms with van der Waals surface area (Å²) in [7, 11) is -3.76. The standard InChI is InChI=1S/C11H17N3O2S/c1-3-4-8(2)14-9-5-6-11(10(12)7-9)17(13,15)16/h3,5-8,14H,1,4,12H2,2H3,(H2,13,15,16). The number of nitrogen functional groups attached to an aromatic ring is 1. The van der Waals surface area contributed by atoms with Crippen LogP contribution in [-0.4, -0.2) is 14.5 Å². The molecular weight excluding hydrogens is 238 g/mol. The molecule has 0 aliphatic carbocycles. The van der Waals surface area contributed by atoms with Gasteiger partial charge in [-0.25, -0.2) is 13.6 Å². The molecule has 1 aromatic carbocycles. The zero-order valence-corrected chi connectivity index (χ0v) is 10.5. The Morgan fingerprint density at radius 1 is 1.53 bits per heavy atom. The molecule has 0 bridgehead atoms. The number of primary sulfonamides is 1. The normalized spacial score (nSPS) is 13.1. The van der Waals surface area contributed by atoms with Crippen molar-refractivity contribution < 1.29 is 8.42 Å². The molecule has 0 radical (unpaired) electrons. The fraction of sp³-hybridized carbons (Fsp3) is 0.273. The van der Waals surface area contributed by atoms with E-state index in [1.165, 1.54) is 6.07 Å². The van der Waals surface area contributed by atoms with Crippen LogP contribution in [0.25, 0.3) is 0 Å². The third-order valence-corrected chi connectivity index (χ3v) is 3.23. The summed E-state index contributed by atoms with van der Waals surface area (Å²) in [6.45, 7) is 5.64. The summed E-state index contributed by atoms with van der Waals surface area (Å²) in [6, 6.07) is 4.79. The summed E-state index contributed by atoms with van der Waals surface area (Å²) in [5.41, 5.74) is 6.53. The fourth-order valence-corrected chi connectivity index (χ4v) is 2.14. The number of nitrogens with one attached hydrogen (secondary N) is 1. The minimum Gasteiger partial charge on any atom is -0.398 e. The van der Waals surface area contributed by atoms with Crippen LogP contribution in [0.15, 0.2) is 35.7 Å². The molecule has 17 heavy (non-hydrogen) atoms. The zero-order valence-electron chi connectivity index (χ0n) is 9.68. The van der Waals surface area contributed by atoms with Gasteiger partial charge in [0.15, 0.2) is 0 Å². The van der Waals surface area contributed by atoms with Crippen LogP contribution in [0.5, 0.6) is 0 Å². The van der Waals surface area contributed by atoms with E-state index >= 15 is 0 Å². The Morgan fingerprint density at radius 3 is 2.65 bits per heavy atom. The van der Waals surface area contributed by atoms with Crippen LogP contribution in [0.1, 0.15) is 13.3 Å². The van der Waals surface area contributed by atoms with Crippen molar-refractivity contribution in [3.8, 4) is 0 Å². The van der Waals surface area contributed by atoms with Gasteiger partial charge in [0.1, 0.15) is 4.90 Å². The quantitative estimate of drug-likeness (QED) is 0.545. The number of benzene rings is 1. The molecule has 0 saturated heterocycles.